The van der Waals surface area contributed by atoms with Gasteiger partial charge in [0.15, 0.2) is 6.71 Å². The van der Waals surface area contributed by atoms with Crippen molar-refractivity contribution in [2.24, 2.45) is 0 Å². The molecule has 0 aromatic carbocycles. The van der Waals surface area contributed by atoms with E-state index in [-0.39, 0.29) is 0 Å². The minimum atomic E-state index is 0.871. The van der Waals surface area contributed by atoms with Crippen LogP contribution in [0.3, 0.4) is 0 Å². The van der Waals surface area contributed by atoms with Crippen molar-refractivity contribution in [1.82, 2.24) is 0 Å². The Bertz CT molecular complexity index is 365. The second kappa shape index (κ2) is 12.8. The molecule has 1 heteroatoms. The van der Waals surface area contributed by atoms with Gasteiger partial charge in [-0.05, 0) is 12.8 Å². The van der Waals surface area contributed by atoms with Crippen molar-refractivity contribution < 1.29 is 0 Å². The Labute approximate surface area is 159 Å². The molecular formula is C24H43B. The fourth-order valence-corrected chi connectivity index (χ4v) is 5.25. The number of rotatable bonds is 10. The molecule has 2 aliphatic rings. The molecule has 0 atom stereocenters. The van der Waals surface area contributed by atoms with E-state index >= 15 is 0 Å². The van der Waals surface area contributed by atoms with Gasteiger partial charge in [-0.2, -0.15) is 0 Å². The van der Waals surface area contributed by atoms with Crippen LogP contribution in [-0.4, -0.2) is 6.71 Å². The Morgan fingerprint density at radius 1 is 0.760 bits per heavy atom. The topological polar surface area (TPSA) is 0 Å². The summed E-state index contributed by atoms with van der Waals surface area (Å²) in [6, 6.07) is 0. The highest BCUT2D eigenvalue weighted by Gasteiger charge is 2.36. The lowest BCUT2D eigenvalue weighted by atomic mass is 9.27. The van der Waals surface area contributed by atoms with Crippen LogP contribution in [0.25, 0.3) is 0 Å². The average Bonchev–Trinajstić information content (AvgIpc) is 2.67. The van der Waals surface area contributed by atoms with Crippen molar-refractivity contribution in [3.8, 4) is 0 Å². The van der Waals surface area contributed by atoms with Crippen LogP contribution in [0.1, 0.15) is 117 Å². The molecule has 2 aliphatic carbocycles. The maximum Gasteiger partial charge on any atom is 0.181 e. The molecule has 0 aromatic rings. The maximum absolute atomic E-state index is 2.65. The van der Waals surface area contributed by atoms with Gasteiger partial charge in [0.1, 0.15) is 0 Å². The number of allylic oxidation sites excluding steroid dienone is 4. The van der Waals surface area contributed by atoms with Gasteiger partial charge in [0, 0.05) is 0 Å². The standard InChI is InChI=1S/C24H43B/c1-3-5-7-11-17-22(16-10-6-4-2)25(23-18-12-8-13-19-23)24-20-14-9-15-21-24/h11,16-17,23-24H,3-10,12-15,18-21H2,1-2H3/b17-11-,22-16+. The van der Waals surface area contributed by atoms with Gasteiger partial charge in [0.2, 0.25) is 0 Å². The quantitative estimate of drug-likeness (QED) is 0.212. The van der Waals surface area contributed by atoms with Crippen molar-refractivity contribution in [2.45, 2.75) is 128 Å². The molecule has 0 saturated heterocycles. The first kappa shape index (κ1) is 20.9. The Kier molecular flexibility index (Phi) is 10.7. The number of hydrogen-bond acceptors (Lipinski definition) is 0. The third-order valence-corrected chi connectivity index (χ3v) is 6.67. The summed E-state index contributed by atoms with van der Waals surface area (Å²) in [7, 11) is 0. The van der Waals surface area contributed by atoms with Crippen molar-refractivity contribution in [3.63, 3.8) is 0 Å². The van der Waals surface area contributed by atoms with Crippen LogP contribution in [0.2, 0.25) is 11.6 Å². The van der Waals surface area contributed by atoms with Crippen LogP contribution in [0, 0.1) is 0 Å². The summed E-state index contributed by atoms with van der Waals surface area (Å²) in [6.07, 6.45) is 30.5. The SMILES string of the molecule is CCCC/C=C\C(=C/CCCC)B(C1CCCCC1)C1CCCCC1. The molecule has 0 radical (unpaired) electrons. The largest absolute Gasteiger partial charge is 0.181 e. The molecule has 0 spiro atoms. The normalized spacial score (nSPS) is 21.1. The zero-order valence-electron chi connectivity index (χ0n) is 17.3. The van der Waals surface area contributed by atoms with E-state index in [4.69, 9.17) is 0 Å². The summed E-state index contributed by atoms with van der Waals surface area (Å²) >= 11 is 0. The molecule has 0 aromatic heterocycles. The fourth-order valence-electron chi connectivity index (χ4n) is 5.25. The summed E-state index contributed by atoms with van der Waals surface area (Å²) in [6.45, 7) is 5.50. The highest BCUT2D eigenvalue weighted by Crippen LogP contribution is 2.44. The van der Waals surface area contributed by atoms with E-state index in [9.17, 15) is 0 Å². The Morgan fingerprint density at radius 3 is 1.80 bits per heavy atom. The monoisotopic (exact) mass is 342 g/mol. The predicted molar refractivity (Wildman–Crippen MR) is 116 cm³/mol. The van der Waals surface area contributed by atoms with Crippen molar-refractivity contribution in [2.75, 3.05) is 0 Å². The zero-order valence-corrected chi connectivity index (χ0v) is 17.3. The highest BCUT2D eigenvalue weighted by molar-refractivity contribution is 6.70. The molecule has 0 aliphatic heterocycles. The molecule has 2 rings (SSSR count). The van der Waals surface area contributed by atoms with Crippen LogP contribution in [-0.2, 0) is 0 Å². The Hall–Kier alpha value is -0.455. The molecule has 0 heterocycles. The van der Waals surface area contributed by atoms with Crippen LogP contribution in [0.5, 0.6) is 0 Å². The second-order valence-electron chi connectivity index (χ2n) is 8.71. The molecule has 0 bridgehead atoms. The summed E-state index contributed by atoms with van der Waals surface area (Å²) in [5.41, 5.74) is 1.74. The van der Waals surface area contributed by atoms with Crippen molar-refractivity contribution in [1.29, 1.82) is 0 Å². The lowest BCUT2D eigenvalue weighted by molar-refractivity contribution is 0.463. The van der Waals surface area contributed by atoms with Crippen LogP contribution in [0.4, 0.5) is 0 Å². The highest BCUT2D eigenvalue weighted by atomic mass is 14.2. The fraction of sp³-hybridized carbons (Fsp3) is 0.833. The van der Waals surface area contributed by atoms with Gasteiger partial charge in [-0.3, -0.25) is 0 Å². The molecule has 2 saturated carbocycles. The molecule has 0 amide bonds. The van der Waals surface area contributed by atoms with E-state index in [0.29, 0.717) is 0 Å². The van der Waals surface area contributed by atoms with Crippen LogP contribution in [0.15, 0.2) is 23.7 Å². The van der Waals surface area contributed by atoms with Crippen LogP contribution >= 0.6 is 0 Å². The zero-order chi connectivity index (χ0) is 17.7. The van der Waals surface area contributed by atoms with E-state index < -0.39 is 0 Å². The average molecular weight is 342 g/mol. The summed E-state index contributed by atoms with van der Waals surface area (Å²) in [4.78, 5) is 0. The van der Waals surface area contributed by atoms with Gasteiger partial charge in [-0.15, -0.1) is 0 Å². The van der Waals surface area contributed by atoms with E-state index in [0.717, 1.165) is 18.3 Å². The van der Waals surface area contributed by atoms with Gasteiger partial charge in [-0.25, -0.2) is 0 Å². The number of unbranched alkanes of at least 4 members (excludes halogenated alkanes) is 4. The molecule has 142 valence electrons. The molecule has 0 unspecified atom stereocenters. The molecular weight excluding hydrogens is 299 g/mol. The lowest BCUT2D eigenvalue weighted by Crippen LogP contribution is -2.32. The predicted octanol–water partition coefficient (Wildman–Crippen LogP) is 8.55. The Morgan fingerprint density at radius 2 is 1.28 bits per heavy atom. The molecule has 2 fully saturated rings. The van der Waals surface area contributed by atoms with Gasteiger partial charge in [-0.1, -0.05) is 139 Å². The van der Waals surface area contributed by atoms with E-state index in [1.807, 2.05) is 0 Å². The lowest BCUT2D eigenvalue weighted by Gasteiger charge is -2.36. The minimum absolute atomic E-state index is 0.871. The maximum atomic E-state index is 2.65. The first-order chi connectivity index (χ1) is 12.4. The van der Waals surface area contributed by atoms with Crippen molar-refractivity contribution in [3.05, 3.63) is 23.7 Å². The van der Waals surface area contributed by atoms with E-state index in [1.54, 1.807) is 5.47 Å². The molecule has 0 nitrogen and oxygen atoms in total. The molecule has 25 heavy (non-hydrogen) atoms. The van der Waals surface area contributed by atoms with E-state index in [2.05, 4.69) is 32.1 Å². The third-order valence-electron chi connectivity index (χ3n) is 6.67. The van der Waals surface area contributed by atoms with Gasteiger partial charge >= 0.3 is 0 Å². The van der Waals surface area contributed by atoms with Crippen LogP contribution < -0.4 is 0 Å². The van der Waals surface area contributed by atoms with E-state index in [1.165, 1.54) is 103 Å². The van der Waals surface area contributed by atoms with Gasteiger partial charge in [0.25, 0.3) is 0 Å². The summed E-state index contributed by atoms with van der Waals surface area (Å²) in [5.74, 6) is 1.95. The minimum Gasteiger partial charge on any atom is -0.0901 e. The Balaban J connectivity index is 2.16. The summed E-state index contributed by atoms with van der Waals surface area (Å²) < 4.78 is 0. The first-order valence-electron chi connectivity index (χ1n) is 11.7. The number of hydrogen-bond donors (Lipinski definition) is 0. The smallest absolute Gasteiger partial charge is 0.0901 e. The van der Waals surface area contributed by atoms with Gasteiger partial charge < -0.3 is 0 Å². The van der Waals surface area contributed by atoms with Crippen molar-refractivity contribution >= 4 is 6.71 Å². The summed E-state index contributed by atoms with van der Waals surface area (Å²) in [5, 5.41) is 0. The second-order valence-corrected chi connectivity index (χ2v) is 8.71. The van der Waals surface area contributed by atoms with Gasteiger partial charge in [0.05, 0.1) is 0 Å². The third kappa shape index (κ3) is 7.36. The first-order valence-corrected chi connectivity index (χ1v) is 11.7. The molecule has 0 N–H and O–H groups in total.